The Balaban J connectivity index is 1.95. The van der Waals surface area contributed by atoms with E-state index >= 15 is 0 Å². The van der Waals surface area contributed by atoms with Gasteiger partial charge in [-0.2, -0.15) is 0 Å². The molecule has 5 heteroatoms. The Morgan fingerprint density at radius 1 is 1.11 bits per heavy atom. The second kappa shape index (κ2) is 11.1. The number of hydrogen-bond acceptors (Lipinski definition) is 4. The lowest BCUT2D eigenvalue weighted by atomic mass is 9.76. The van der Waals surface area contributed by atoms with Crippen LogP contribution in [0.1, 0.15) is 45.1 Å². The van der Waals surface area contributed by atoms with Gasteiger partial charge < -0.3 is 15.4 Å². The van der Waals surface area contributed by atoms with Crippen LogP contribution in [0.25, 0.3) is 0 Å². The number of esters is 1. The fourth-order valence-electron chi connectivity index (χ4n) is 3.73. The van der Waals surface area contributed by atoms with Gasteiger partial charge in [-0.3, -0.25) is 4.79 Å². The molecule has 0 aliphatic heterocycles. The summed E-state index contributed by atoms with van der Waals surface area (Å²) in [6.45, 7) is 5.40. The van der Waals surface area contributed by atoms with Crippen LogP contribution in [-0.4, -0.2) is 38.1 Å². The predicted molar refractivity (Wildman–Crippen MR) is 107 cm³/mol. The second-order valence-corrected chi connectivity index (χ2v) is 7.88. The maximum atomic E-state index is 12.8. The van der Waals surface area contributed by atoms with E-state index in [2.05, 4.69) is 24.5 Å². The molecular weight excluding hydrogens is 340 g/mol. The van der Waals surface area contributed by atoms with Gasteiger partial charge in [0, 0.05) is 18.9 Å². The third-order valence-electron chi connectivity index (χ3n) is 5.57. The smallest absolute Gasteiger partial charge is 0.329 e. The van der Waals surface area contributed by atoms with Crippen LogP contribution < -0.4 is 10.6 Å². The maximum absolute atomic E-state index is 12.8. The lowest BCUT2D eigenvalue weighted by Crippen LogP contribution is -2.46. The summed E-state index contributed by atoms with van der Waals surface area (Å²) in [5.41, 5.74) is 1.01. The van der Waals surface area contributed by atoms with Gasteiger partial charge in [-0.05, 0) is 50.1 Å². The standard InChI is InChI=1S/C22H34N2O3/c1-16(2)18-9-11-19(12-10-18)21(25)24-20(22(26)27-14-13-23-3)15-17-7-5-4-6-8-17/h4-8,16,18-20,23H,9-15H2,1-3H3,(H,24,25)/t18?,19?,20-/m1/s1. The summed E-state index contributed by atoms with van der Waals surface area (Å²) < 4.78 is 5.34. The molecule has 1 fully saturated rings. The molecule has 5 nitrogen and oxygen atoms in total. The van der Waals surface area contributed by atoms with Crippen molar-refractivity contribution in [2.45, 2.75) is 52.0 Å². The molecule has 0 radical (unpaired) electrons. The van der Waals surface area contributed by atoms with E-state index in [-0.39, 0.29) is 17.8 Å². The molecule has 27 heavy (non-hydrogen) atoms. The van der Waals surface area contributed by atoms with Gasteiger partial charge in [0.1, 0.15) is 12.6 Å². The van der Waals surface area contributed by atoms with Crippen LogP contribution in [-0.2, 0) is 20.7 Å². The van der Waals surface area contributed by atoms with Gasteiger partial charge in [0.05, 0.1) is 0 Å². The minimum Gasteiger partial charge on any atom is -0.463 e. The van der Waals surface area contributed by atoms with Gasteiger partial charge in [-0.25, -0.2) is 4.79 Å². The van der Waals surface area contributed by atoms with Crippen molar-refractivity contribution in [2.75, 3.05) is 20.2 Å². The first-order valence-corrected chi connectivity index (χ1v) is 10.2. The van der Waals surface area contributed by atoms with Gasteiger partial charge in [0.25, 0.3) is 0 Å². The Morgan fingerprint density at radius 3 is 2.37 bits per heavy atom. The number of nitrogens with one attached hydrogen (secondary N) is 2. The Hall–Kier alpha value is -1.88. The van der Waals surface area contributed by atoms with Gasteiger partial charge in [-0.1, -0.05) is 44.2 Å². The molecule has 0 aromatic heterocycles. The molecule has 0 unspecified atom stereocenters. The molecule has 0 bridgehead atoms. The highest BCUT2D eigenvalue weighted by molar-refractivity contribution is 5.86. The van der Waals surface area contributed by atoms with Crippen LogP contribution in [0.2, 0.25) is 0 Å². The molecule has 1 atom stereocenters. The van der Waals surface area contributed by atoms with Crippen molar-refractivity contribution in [2.24, 2.45) is 17.8 Å². The summed E-state index contributed by atoms with van der Waals surface area (Å²) in [5, 5.41) is 5.92. The van der Waals surface area contributed by atoms with Gasteiger partial charge in [0.15, 0.2) is 0 Å². The predicted octanol–water partition coefficient (Wildman–Crippen LogP) is 2.94. The molecule has 1 aromatic rings. The van der Waals surface area contributed by atoms with E-state index in [0.29, 0.717) is 31.4 Å². The zero-order valence-electron chi connectivity index (χ0n) is 16.9. The van der Waals surface area contributed by atoms with E-state index in [1.54, 1.807) is 0 Å². The lowest BCUT2D eigenvalue weighted by molar-refractivity contribution is -0.148. The van der Waals surface area contributed by atoms with Crippen LogP contribution in [0, 0.1) is 17.8 Å². The normalized spacial score (nSPS) is 20.9. The zero-order chi connectivity index (χ0) is 19.6. The van der Waals surface area contributed by atoms with Crippen molar-refractivity contribution in [3.63, 3.8) is 0 Å². The van der Waals surface area contributed by atoms with Gasteiger partial charge in [-0.15, -0.1) is 0 Å². The maximum Gasteiger partial charge on any atom is 0.329 e. The lowest BCUT2D eigenvalue weighted by Gasteiger charge is -2.31. The average molecular weight is 375 g/mol. The van der Waals surface area contributed by atoms with Crippen LogP contribution in [0.3, 0.4) is 0 Å². The second-order valence-electron chi connectivity index (χ2n) is 7.88. The van der Waals surface area contributed by atoms with Crippen molar-refractivity contribution in [3.8, 4) is 0 Å². The number of amides is 1. The molecule has 1 amide bonds. The quantitative estimate of drug-likeness (QED) is 0.515. The van der Waals surface area contributed by atoms with Crippen molar-refractivity contribution in [1.29, 1.82) is 0 Å². The zero-order valence-corrected chi connectivity index (χ0v) is 16.9. The first kappa shape index (κ1) is 21.4. The fourth-order valence-corrected chi connectivity index (χ4v) is 3.73. The van der Waals surface area contributed by atoms with E-state index in [1.807, 2.05) is 37.4 Å². The molecule has 1 aliphatic rings. The highest BCUT2D eigenvalue weighted by Crippen LogP contribution is 2.33. The van der Waals surface area contributed by atoms with Gasteiger partial charge >= 0.3 is 5.97 Å². The van der Waals surface area contributed by atoms with E-state index < -0.39 is 6.04 Å². The molecule has 150 valence electrons. The van der Waals surface area contributed by atoms with Crippen LogP contribution in [0.5, 0.6) is 0 Å². The van der Waals surface area contributed by atoms with Crippen LogP contribution in [0.4, 0.5) is 0 Å². The number of likely N-dealkylation sites (N-methyl/N-ethyl adjacent to an activating group) is 1. The van der Waals surface area contributed by atoms with Crippen LogP contribution >= 0.6 is 0 Å². The van der Waals surface area contributed by atoms with E-state index in [1.165, 1.54) is 0 Å². The highest BCUT2D eigenvalue weighted by Gasteiger charge is 2.30. The van der Waals surface area contributed by atoms with Gasteiger partial charge in [0.2, 0.25) is 5.91 Å². The molecule has 2 N–H and O–H groups in total. The summed E-state index contributed by atoms with van der Waals surface area (Å²) >= 11 is 0. The summed E-state index contributed by atoms with van der Waals surface area (Å²) in [4.78, 5) is 25.3. The molecule has 1 aliphatic carbocycles. The Bertz CT molecular complexity index is 580. The van der Waals surface area contributed by atoms with Crippen molar-refractivity contribution in [3.05, 3.63) is 35.9 Å². The van der Waals surface area contributed by atoms with E-state index in [0.717, 1.165) is 31.2 Å². The molecular formula is C22H34N2O3. The first-order chi connectivity index (χ1) is 13.0. The number of rotatable bonds is 9. The fraction of sp³-hybridized carbons (Fsp3) is 0.636. The third kappa shape index (κ3) is 6.98. The van der Waals surface area contributed by atoms with E-state index in [9.17, 15) is 9.59 Å². The summed E-state index contributed by atoms with van der Waals surface area (Å²) in [6.07, 6.45) is 4.44. The number of hydrogen-bond donors (Lipinski definition) is 2. The minimum absolute atomic E-state index is 0.00313. The Morgan fingerprint density at radius 2 is 1.78 bits per heavy atom. The molecule has 0 spiro atoms. The van der Waals surface area contributed by atoms with Crippen molar-refractivity contribution >= 4 is 11.9 Å². The summed E-state index contributed by atoms with van der Waals surface area (Å²) in [6, 6.07) is 9.11. The minimum atomic E-state index is -0.639. The Labute approximate surface area is 163 Å². The molecule has 1 aromatic carbocycles. The third-order valence-corrected chi connectivity index (χ3v) is 5.57. The monoisotopic (exact) mass is 374 g/mol. The molecule has 1 saturated carbocycles. The number of carbonyl (C=O) groups is 2. The number of carbonyl (C=O) groups excluding carboxylic acids is 2. The number of benzene rings is 1. The number of ether oxygens (including phenoxy) is 1. The molecule has 2 rings (SSSR count). The first-order valence-electron chi connectivity index (χ1n) is 10.2. The average Bonchev–Trinajstić information content (AvgIpc) is 2.68. The largest absolute Gasteiger partial charge is 0.463 e. The topological polar surface area (TPSA) is 67.4 Å². The van der Waals surface area contributed by atoms with Crippen LogP contribution in [0.15, 0.2) is 30.3 Å². The summed E-state index contributed by atoms with van der Waals surface area (Å²) in [7, 11) is 1.81. The van der Waals surface area contributed by atoms with Crippen molar-refractivity contribution in [1.82, 2.24) is 10.6 Å². The highest BCUT2D eigenvalue weighted by atomic mass is 16.5. The molecule has 0 saturated heterocycles. The van der Waals surface area contributed by atoms with E-state index in [4.69, 9.17) is 4.74 Å². The SMILES string of the molecule is CNCCOC(=O)[C@@H](Cc1ccccc1)NC(=O)C1CCC(C(C)C)CC1. The Kier molecular flexibility index (Phi) is 8.79. The van der Waals surface area contributed by atoms with Crippen molar-refractivity contribution < 1.29 is 14.3 Å². The molecule has 0 heterocycles. The summed E-state index contributed by atoms with van der Waals surface area (Å²) in [5.74, 6) is 1.01.